The van der Waals surface area contributed by atoms with Gasteiger partial charge in [0.2, 0.25) is 27.8 Å². The second-order valence-corrected chi connectivity index (χ2v) is 16.4. The molecule has 2 aromatic heterocycles. The van der Waals surface area contributed by atoms with Gasteiger partial charge in [-0.3, -0.25) is 24.6 Å². The predicted molar refractivity (Wildman–Crippen MR) is 192 cm³/mol. The molecular weight excluding hydrogens is 730 g/mol. The van der Waals surface area contributed by atoms with Gasteiger partial charge in [0, 0.05) is 94.6 Å². The van der Waals surface area contributed by atoms with Gasteiger partial charge in [-0.2, -0.15) is 27.6 Å². The maximum Gasteiger partial charge on any atom is 0.423 e. The summed E-state index contributed by atoms with van der Waals surface area (Å²) in [6, 6.07) is 12.5. The van der Waals surface area contributed by atoms with Crippen molar-refractivity contribution in [1.82, 2.24) is 34.3 Å². The van der Waals surface area contributed by atoms with Crippen LogP contribution in [0.1, 0.15) is 30.4 Å². The van der Waals surface area contributed by atoms with Crippen LogP contribution >= 0.6 is 0 Å². The molecule has 4 aliphatic heterocycles. The summed E-state index contributed by atoms with van der Waals surface area (Å²) >= 11 is 0. The van der Waals surface area contributed by atoms with E-state index in [1.54, 1.807) is 22.9 Å². The number of aryl methyl sites for hydroxylation is 1. The third-order valence-electron chi connectivity index (χ3n) is 10.6. The number of ether oxygens (including phenoxy) is 1. The molecule has 15 nitrogen and oxygen atoms in total. The van der Waals surface area contributed by atoms with Crippen LogP contribution in [-0.2, 0) is 34.6 Å². The number of urea groups is 1. The van der Waals surface area contributed by atoms with Gasteiger partial charge in [0.15, 0.2) is 5.82 Å². The van der Waals surface area contributed by atoms with Crippen LogP contribution in [-0.4, -0.2) is 108 Å². The zero-order valence-electron chi connectivity index (χ0n) is 29.6. The highest BCUT2D eigenvalue weighted by molar-refractivity contribution is 7.89. The van der Waals surface area contributed by atoms with E-state index in [2.05, 4.69) is 41.6 Å². The van der Waals surface area contributed by atoms with Gasteiger partial charge in [-0.1, -0.05) is 12.1 Å². The number of benzene rings is 2. The zero-order chi connectivity index (χ0) is 38.0. The predicted octanol–water partition coefficient (Wildman–Crippen LogP) is 3.42. The first kappa shape index (κ1) is 36.0. The molecule has 286 valence electrons. The van der Waals surface area contributed by atoms with Gasteiger partial charge >= 0.3 is 12.2 Å². The minimum Gasteiger partial charge on any atom is -0.480 e. The highest BCUT2D eigenvalue weighted by Crippen LogP contribution is 2.43. The third-order valence-corrected chi connectivity index (χ3v) is 12.5. The fourth-order valence-corrected chi connectivity index (χ4v) is 9.51. The summed E-state index contributed by atoms with van der Waals surface area (Å²) in [7, 11) is -0.810. The molecule has 2 N–H and O–H groups in total. The van der Waals surface area contributed by atoms with Gasteiger partial charge < -0.3 is 15.0 Å². The van der Waals surface area contributed by atoms with E-state index in [0.717, 1.165) is 55.4 Å². The van der Waals surface area contributed by atoms with Crippen LogP contribution in [0.25, 0.3) is 10.9 Å². The second kappa shape index (κ2) is 13.4. The number of carbonyl (C=O) groups excluding carboxylic acids is 2. The van der Waals surface area contributed by atoms with Gasteiger partial charge in [0.05, 0.1) is 17.5 Å². The van der Waals surface area contributed by atoms with E-state index in [1.807, 2.05) is 25.2 Å². The first-order valence-electron chi connectivity index (χ1n) is 17.6. The van der Waals surface area contributed by atoms with E-state index in [1.165, 1.54) is 9.21 Å². The number of sulfonamides is 1. The molecule has 8 rings (SSSR count). The van der Waals surface area contributed by atoms with E-state index >= 15 is 0 Å². The second-order valence-electron chi connectivity index (χ2n) is 14.5. The molecule has 4 saturated heterocycles. The summed E-state index contributed by atoms with van der Waals surface area (Å²) in [5.74, 6) is -0.346. The minimum absolute atomic E-state index is 0.0111. The van der Waals surface area contributed by atoms with Crippen molar-refractivity contribution in [1.29, 1.82) is 0 Å². The van der Waals surface area contributed by atoms with Crippen molar-refractivity contribution in [3.63, 3.8) is 0 Å². The topological polar surface area (TPSA) is 158 Å². The van der Waals surface area contributed by atoms with Crippen molar-refractivity contribution >= 4 is 50.3 Å². The monoisotopic (exact) mass is 768 g/mol. The number of hydrogen-bond acceptors (Lipinski definition) is 11. The van der Waals surface area contributed by atoms with Crippen LogP contribution in [0.3, 0.4) is 0 Å². The van der Waals surface area contributed by atoms with Crippen molar-refractivity contribution in [2.75, 3.05) is 68.0 Å². The van der Waals surface area contributed by atoms with Crippen LogP contribution in [0.15, 0.2) is 53.6 Å². The molecule has 4 aliphatic rings. The molecule has 1 spiro atoms. The highest BCUT2D eigenvalue weighted by Gasteiger charge is 2.51. The lowest BCUT2D eigenvalue weighted by Gasteiger charge is -2.61. The van der Waals surface area contributed by atoms with Crippen molar-refractivity contribution in [3.05, 3.63) is 59.8 Å². The Morgan fingerprint density at radius 2 is 1.80 bits per heavy atom. The molecule has 54 heavy (non-hydrogen) atoms. The number of likely N-dealkylation sites (tertiary alicyclic amines) is 1. The summed E-state index contributed by atoms with van der Waals surface area (Å²) in [4.78, 5) is 38.1. The summed E-state index contributed by atoms with van der Waals surface area (Å²) in [5, 5.41) is 10.8. The highest BCUT2D eigenvalue weighted by atomic mass is 32.2. The number of methoxy groups -OCH3 is 1. The third kappa shape index (κ3) is 6.68. The van der Waals surface area contributed by atoms with Crippen molar-refractivity contribution in [2.24, 2.45) is 12.5 Å². The number of nitrogens with one attached hydrogen (secondary N) is 2. The first-order valence-corrected chi connectivity index (χ1v) is 19.0. The van der Waals surface area contributed by atoms with E-state index in [-0.39, 0.29) is 54.3 Å². The van der Waals surface area contributed by atoms with Gasteiger partial charge in [-0.25, -0.2) is 18.2 Å². The minimum atomic E-state index is -4.65. The zero-order valence-corrected chi connectivity index (χ0v) is 30.5. The molecule has 0 radical (unpaired) electrons. The number of aromatic nitrogens is 4. The fraction of sp³-hybridized carbons (Fsp3) is 0.457. The van der Waals surface area contributed by atoms with Gasteiger partial charge in [0.1, 0.15) is 5.56 Å². The summed E-state index contributed by atoms with van der Waals surface area (Å²) in [5.41, 5.74) is 1.99. The molecule has 3 amide bonds. The Morgan fingerprint density at radius 3 is 2.50 bits per heavy atom. The number of amides is 3. The standard InChI is InChI=1S/C35H39F3N10O5S/c1-44-28-15-24(6-7-26(28)30(43-44)48-13-10-29(49)41-33(48)50)46-20-34(21-46)18-45(19-34)17-22-4-3-5-25(14-22)54(51,52)47-11-8-23(9-12-47)40-32-39-16-27(35(36,37)38)31(42-32)53-2/h3-7,14-16,23H,8-13,17-21H2,1-2H3,(H,39,40,42)(H,41,49,50). The molecule has 0 bridgehead atoms. The molecule has 0 saturated carbocycles. The molecule has 4 fully saturated rings. The lowest BCUT2D eigenvalue weighted by Crippen LogP contribution is -2.71. The molecule has 6 heterocycles. The summed E-state index contributed by atoms with van der Waals surface area (Å²) < 4.78 is 74.8. The van der Waals surface area contributed by atoms with Gasteiger partial charge in [-0.05, 0) is 48.7 Å². The maximum atomic E-state index is 13.6. The Hall–Kier alpha value is -5.01. The Labute approximate surface area is 309 Å². The van der Waals surface area contributed by atoms with Crippen molar-refractivity contribution in [3.8, 4) is 5.88 Å². The van der Waals surface area contributed by atoms with Crippen LogP contribution < -0.4 is 25.2 Å². The lowest BCUT2D eigenvalue weighted by atomic mass is 9.72. The van der Waals surface area contributed by atoms with Crippen LogP contribution in [0.5, 0.6) is 5.88 Å². The SMILES string of the molecule is COc1nc(NC2CCN(S(=O)(=O)c3cccc(CN4CC5(C4)CN(c4ccc6c(N7CCC(=O)NC7=O)nn(C)c6c4)C5)c3)CC2)ncc1C(F)(F)F. The number of alkyl halides is 3. The number of fused-ring (bicyclic) bond motifs is 1. The summed E-state index contributed by atoms with van der Waals surface area (Å²) in [6.45, 7) is 4.98. The number of piperidine rings is 1. The molecule has 2 aromatic carbocycles. The van der Waals surface area contributed by atoms with Crippen molar-refractivity contribution in [2.45, 2.75) is 42.9 Å². The Balaban J connectivity index is 0.835. The Bertz CT molecular complexity index is 2230. The number of rotatable bonds is 9. The van der Waals surface area contributed by atoms with Crippen LogP contribution in [0.4, 0.5) is 35.4 Å². The molecule has 19 heteroatoms. The first-order chi connectivity index (χ1) is 25.7. The maximum absolute atomic E-state index is 13.6. The number of halogens is 3. The normalized spacial score (nSPS) is 19.9. The molecule has 0 unspecified atom stereocenters. The smallest absolute Gasteiger partial charge is 0.423 e. The lowest BCUT2D eigenvalue weighted by molar-refractivity contribution is -0.139. The number of hydrogen-bond donors (Lipinski definition) is 2. The van der Waals surface area contributed by atoms with Gasteiger partial charge in [-0.15, -0.1) is 0 Å². The van der Waals surface area contributed by atoms with E-state index in [0.29, 0.717) is 31.4 Å². The Kier molecular flexibility index (Phi) is 8.92. The van der Waals surface area contributed by atoms with Gasteiger partial charge in [0.25, 0.3) is 0 Å². The number of carbonyl (C=O) groups is 2. The molecular formula is C35H39F3N10O5S. The summed E-state index contributed by atoms with van der Waals surface area (Å²) in [6.07, 6.45) is -2.89. The fourth-order valence-electron chi connectivity index (χ4n) is 7.97. The van der Waals surface area contributed by atoms with E-state index in [4.69, 9.17) is 4.74 Å². The number of nitrogens with zero attached hydrogens (tertiary/aromatic N) is 8. The average molecular weight is 769 g/mol. The van der Waals surface area contributed by atoms with E-state index < -0.39 is 33.7 Å². The number of imide groups is 1. The molecule has 0 aliphatic carbocycles. The quantitative estimate of drug-likeness (QED) is 0.257. The molecule has 4 aromatic rings. The Morgan fingerprint density at radius 1 is 1.04 bits per heavy atom. The van der Waals surface area contributed by atoms with E-state index in [9.17, 15) is 31.2 Å². The largest absolute Gasteiger partial charge is 0.480 e. The van der Waals surface area contributed by atoms with Crippen molar-refractivity contribution < 1.29 is 35.9 Å². The average Bonchev–Trinajstić information content (AvgIpc) is 3.43. The molecule has 0 atom stereocenters. The number of anilines is 3. The van der Waals surface area contributed by atoms with Crippen LogP contribution in [0, 0.1) is 5.41 Å². The van der Waals surface area contributed by atoms with Crippen LogP contribution in [0.2, 0.25) is 0 Å².